The molecule has 3 heterocycles. The normalized spacial score (nSPS) is 12.2. The molecular weight excluding hydrogens is 489 g/mol. The molecule has 0 fully saturated rings. The van der Waals surface area contributed by atoms with Crippen LogP contribution in [0.2, 0.25) is 5.02 Å². The van der Waals surface area contributed by atoms with Crippen LogP contribution in [0.4, 0.5) is 13.2 Å². The highest BCUT2D eigenvalue weighted by molar-refractivity contribution is 7.91. The molecule has 0 aliphatic carbocycles. The van der Waals surface area contributed by atoms with Crippen LogP contribution in [0.5, 0.6) is 0 Å². The van der Waals surface area contributed by atoms with Crippen LogP contribution in [-0.2, 0) is 23.1 Å². The van der Waals surface area contributed by atoms with E-state index in [1.54, 1.807) is 48.1 Å². The van der Waals surface area contributed by atoms with Gasteiger partial charge < -0.3 is 4.57 Å². The number of rotatable bonds is 5. The van der Waals surface area contributed by atoms with Gasteiger partial charge in [-0.3, -0.25) is 9.97 Å². The van der Waals surface area contributed by atoms with E-state index in [2.05, 4.69) is 15.0 Å². The topological polar surface area (TPSA) is 77.7 Å². The van der Waals surface area contributed by atoms with Gasteiger partial charge in [0.2, 0.25) is 0 Å². The Kier molecular flexibility index (Phi) is 6.22. The lowest BCUT2D eigenvalue weighted by molar-refractivity contribution is -0.141. The lowest BCUT2D eigenvalue weighted by atomic mass is 10.1. The SMILES string of the molecule is CCS(=O)(=O)c1cc(-c2ccc(Cl)cc2)cnc1-c1ncc(-c2ccc(C(F)(F)F)nc2)n1C. The Bertz CT molecular complexity index is 1450. The quantitative estimate of drug-likeness (QED) is 0.348. The fourth-order valence-electron chi connectivity index (χ4n) is 3.42. The first-order chi connectivity index (χ1) is 16.0. The molecule has 176 valence electrons. The molecule has 11 heteroatoms. The number of alkyl halides is 3. The molecule has 0 amide bonds. The highest BCUT2D eigenvalue weighted by Gasteiger charge is 2.32. The fourth-order valence-corrected chi connectivity index (χ4v) is 4.60. The van der Waals surface area contributed by atoms with Crippen molar-refractivity contribution in [3.63, 3.8) is 0 Å². The van der Waals surface area contributed by atoms with Crippen LogP contribution in [0.1, 0.15) is 12.6 Å². The Labute approximate surface area is 199 Å². The minimum Gasteiger partial charge on any atom is -0.326 e. The molecule has 4 aromatic rings. The third-order valence-corrected chi connectivity index (χ3v) is 7.29. The number of nitrogens with zero attached hydrogens (tertiary/aromatic N) is 4. The van der Waals surface area contributed by atoms with Crippen molar-refractivity contribution in [3.8, 4) is 33.9 Å². The molecule has 0 bridgehead atoms. The molecule has 0 N–H and O–H groups in total. The van der Waals surface area contributed by atoms with Crippen LogP contribution < -0.4 is 0 Å². The first-order valence-corrected chi connectivity index (χ1v) is 12.1. The van der Waals surface area contributed by atoms with Crippen LogP contribution in [-0.4, -0.2) is 33.7 Å². The predicted octanol–water partition coefficient (Wildman–Crippen LogP) is 5.68. The zero-order valence-electron chi connectivity index (χ0n) is 18.0. The summed E-state index contributed by atoms with van der Waals surface area (Å²) >= 11 is 5.95. The number of hydrogen-bond acceptors (Lipinski definition) is 5. The van der Waals surface area contributed by atoms with Crippen LogP contribution in [0.25, 0.3) is 33.9 Å². The molecule has 0 aliphatic heterocycles. The van der Waals surface area contributed by atoms with E-state index in [0.717, 1.165) is 17.8 Å². The van der Waals surface area contributed by atoms with Crippen LogP contribution >= 0.6 is 11.6 Å². The second-order valence-corrected chi connectivity index (χ2v) is 10.1. The Hall–Kier alpha value is -3.24. The van der Waals surface area contributed by atoms with Gasteiger partial charge in [-0.25, -0.2) is 13.4 Å². The van der Waals surface area contributed by atoms with E-state index in [0.29, 0.717) is 21.8 Å². The number of halogens is 4. The summed E-state index contributed by atoms with van der Waals surface area (Å²) in [5.74, 6) is 0.107. The van der Waals surface area contributed by atoms with Gasteiger partial charge in [0.1, 0.15) is 11.4 Å². The highest BCUT2D eigenvalue weighted by atomic mass is 35.5. The zero-order valence-corrected chi connectivity index (χ0v) is 19.6. The van der Waals surface area contributed by atoms with E-state index in [9.17, 15) is 21.6 Å². The van der Waals surface area contributed by atoms with E-state index in [1.165, 1.54) is 19.2 Å². The molecule has 0 atom stereocenters. The number of aromatic nitrogens is 4. The van der Waals surface area contributed by atoms with Crippen molar-refractivity contribution < 1.29 is 21.6 Å². The van der Waals surface area contributed by atoms with Crippen molar-refractivity contribution in [1.29, 1.82) is 0 Å². The van der Waals surface area contributed by atoms with Gasteiger partial charge in [0.05, 0.1) is 22.5 Å². The molecule has 34 heavy (non-hydrogen) atoms. The second-order valence-electron chi connectivity index (χ2n) is 7.44. The van der Waals surface area contributed by atoms with Crippen molar-refractivity contribution in [2.24, 2.45) is 7.05 Å². The molecule has 0 spiro atoms. The minimum atomic E-state index is -4.55. The maximum absolute atomic E-state index is 12.9. The summed E-state index contributed by atoms with van der Waals surface area (Å²) in [7, 11) is -2.06. The van der Waals surface area contributed by atoms with Gasteiger partial charge in [0.15, 0.2) is 15.7 Å². The van der Waals surface area contributed by atoms with Gasteiger partial charge in [-0.2, -0.15) is 13.2 Å². The number of imidazole rings is 1. The van der Waals surface area contributed by atoms with Crippen molar-refractivity contribution >= 4 is 21.4 Å². The summed E-state index contributed by atoms with van der Waals surface area (Å²) in [5.41, 5.74) is 1.33. The van der Waals surface area contributed by atoms with Gasteiger partial charge in [-0.1, -0.05) is 30.7 Å². The lowest BCUT2D eigenvalue weighted by Gasteiger charge is -2.12. The Morgan fingerprint density at radius 2 is 1.56 bits per heavy atom. The standard InChI is InChI=1S/C23H18ClF3N4O2S/c1-3-34(32,33)19-10-16(14-4-7-17(24)8-5-14)12-29-21(19)22-30-13-18(31(22)2)15-6-9-20(28-11-15)23(25,26)27/h4-13H,3H2,1-2H3. The van der Waals surface area contributed by atoms with Crippen LogP contribution in [0.15, 0.2) is 66.0 Å². The van der Waals surface area contributed by atoms with E-state index < -0.39 is 21.7 Å². The van der Waals surface area contributed by atoms with Crippen LogP contribution in [0.3, 0.4) is 0 Å². The molecule has 3 aromatic heterocycles. The molecule has 4 rings (SSSR count). The Morgan fingerprint density at radius 1 is 0.912 bits per heavy atom. The first kappa shape index (κ1) is 23.9. The largest absolute Gasteiger partial charge is 0.433 e. The van der Waals surface area contributed by atoms with E-state index >= 15 is 0 Å². The number of pyridine rings is 2. The van der Waals surface area contributed by atoms with Crippen molar-refractivity contribution in [2.75, 3.05) is 5.75 Å². The molecular formula is C23H18ClF3N4O2S. The van der Waals surface area contributed by atoms with Gasteiger partial charge in [-0.15, -0.1) is 0 Å². The maximum Gasteiger partial charge on any atom is 0.433 e. The molecule has 6 nitrogen and oxygen atoms in total. The third-order valence-electron chi connectivity index (χ3n) is 5.30. The molecule has 0 saturated heterocycles. The number of benzene rings is 1. The molecule has 1 aromatic carbocycles. The Balaban J connectivity index is 1.82. The predicted molar refractivity (Wildman–Crippen MR) is 123 cm³/mol. The fraction of sp³-hybridized carbons (Fsp3) is 0.174. The monoisotopic (exact) mass is 506 g/mol. The summed E-state index contributed by atoms with van der Waals surface area (Å²) < 4.78 is 66.0. The average Bonchev–Trinajstić information content (AvgIpc) is 3.19. The zero-order chi connectivity index (χ0) is 24.7. The second kappa shape index (κ2) is 8.84. The summed E-state index contributed by atoms with van der Waals surface area (Å²) in [4.78, 5) is 12.2. The number of hydrogen-bond donors (Lipinski definition) is 0. The minimum absolute atomic E-state index is 0.00763. The smallest absolute Gasteiger partial charge is 0.326 e. The van der Waals surface area contributed by atoms with Gasteiger partial charge >= 0.3 is 6.18 Å². The van der Waals surface area contributed by atoms with Crippen molar-refractivity contribution in [2.45, 2.75) is 18.0 Å². The summed E-state index contributed by atoms with van der Waals surface area (Å²) in [6.45, 7) is 1.53. The van der Waals surface area contributed by atoms with Gasteiger partial charge in [0.25, 0.3) is 0 Å². The number of sulfone groups is 1. The van der Waals surface area contributed by atoms with E-state index in [-0.39, 0.29) is 22.2 Å². The average molecular weight is 507 g/mol. The van der Waals surface area contributed by atoms with E-state index in [4.69, 9.17) is 11.6 Å². The summed E-state index contributed by atoms with van der Waals surface area (Å²) in [6.07, 6.45) is -0.461. The van der Waals surface area contributed by atoms with Gasteiger partial charge in [0, 0.05) is 35.6 Å². The third kappa shape index (κ3) is 4.55. The van der Waals surface area contributed by atoms with Crippen molar-refractivity contribution in [3.05, 3.63) is 71.8 Å². The summed E-state index contributed by atoms with van der Waals surface area (Å²) in [5, 5.41) is 0.549. The first-order valence-electron chi connectivity index (χ1n) is 10.1. The molecule has 0 radical (unpaired) electrons. The molecule has 0 aliphatic rings. The summed E-state index contributed by atoms with van der Waals surface area (Å²) in [6, 6.07) is 10.6. The highest BCUT2D eigenvalue weighted by Crippen LogP contribution is 2.33. The lowest BCUT2D eigenvalue weighted by Crippen LogP contribution is -2.09. The Morgan fingerprint density at radius 3 is 2.15 bits per heavy atom. The van der Waals surface area contributed by atoms with Crippen molar-refractivity contribution in [1.82, 2.24) is 19.5 Å². The van der Waals surface area contributed by atoms with Gasteiger partial charge in [-0.05, 0) is 35.9 Å². The molecule has 0 unspecified atom stereocenters. The van der Waals surface area contributed by atoms with E-state index in [1.807, 2.05) is 0 Å². The molecule has 0 saturated carbocycles. The van der Waals surface area contributed by atoms with Crippen LogP contribution in [0, 0.1) is 0 Å². The maximum atomic E-state index is 12.9.